The molecule has 0 amide bonds. The lowest BCUT2D eigenvalue weighted by atomic mass is 9.63. The fourth-order valence-corrected chi connectivity index (χ4v) is 3.31. The number of nitriles is 1. The molecule has 3 rings (SSSR count). The first-order valence-electron chi connectivity index (χ1n) is 8.07. The van der Waals surface area contributed by atoms with E-state index in [2.05, 4.69) is 11.1 Å². The lowest BCUT2D eigenvalue weighted by molar-refractivity contribution is -0.139. The van der Waals surface area contributed by atoms with Gasteiger partial charge in [-0.1, -0.05) is 6.07 Å². The van der Waals surface area contributed by atoms with Crippen LogP contribution in [-0.4, -0.2) is 11.1 Å². The zero-order valence-electron chi connectivity index (χ0n) is 14.3. The number of hydrazine groups is 1. The van der Waals surface area contributed by atoms with E-state index in [0.717, 1.165) is 12.3 Å². The first kappa shape index (κ1) is 18.9. The number of anilines is 1. The van der Waals surface area contributed by atoms with E-state index in [4.69, 9.17) is 10.6 Å². The number of alkyl halides is 3. The SMILES string of the molecule is Cc1cc(F)cc([C@]2(C#N)C[C@@H](Oc3ccnc(NN)c3C(F)(F)F)C2)c1. The average Bonchev–Trinajstić information content (AvgIpc) is 2.55. The zero-order valence-corrected chi connectivity index (χ0v) is 14.3. The van der Waals surface area contributed by atoms with Crippen molar-refractivity contribution in [2.75, 3.05) is 5.43 Å². The molecule has 5 nitrogen and oxygen atoms in total. The smallest absolute Gasteiger partial charge is 0.423 e. The van der Waals surface area contributed by atoms with E-state index in [1.165, 1.54) is 12.1 Å². The van der Waals surface area contributed by atoms with E-state index in [-0.39, 0.29) is 12.8 Å². The summed E-state index contributed by atoms with van der Waals surface area (Å²) in [5, 5.41) is 9.58. The first-order valence-corrected chi connectivity index (χ1v) is 8.07. The summed E-state index contributed by atoms with van der Waals surface area (Å²) in [6, 6.07) is 7.57. The summed E-state index contributed by atoms with van der Waals surface area (Å²) in [5.41, 5.74) is 0.977. The van der Waals surface area contributed by atoms with Crippen molar-refractivity contribution in [3.8, 4) is 11.8 Å². The minimum absolute atomic E-state index is 0.150. The van der Waals surface area contributed by atoms with Gasteiger partial charge >= 0.3 is 6.18 Å². The number of aryl methyl sites for hydroxylation is 1. The molecule has 0 bridgehead atoms. The second kappa shape index (κ2) is 6.70. The second-order valence-electron chi connectivity index (χ2n) is 6.53. The molecule has 1 saturated carbocycles. The van der Waals surface area contributed by atoms with Crippen LogP contribution in [0.15, 0.2) is 30.5 Å². The number of nitrogens with zero attached hydrogens (tertiary/aromatic N) is 2. The van der Waals surface area contributed by atoms with Crippen molar-refractivity contribution in [2.45, 2.75) is 37.5 Å². The highest BCUT2D eigenvalue weighted by Gasteiger charge is 2.49. The quantitative estimate of drug-likeness (QED) is 0.478. The van der Waals surface area contributed by atoms with Gasteiger partial charge in [0.25, 0.3) is 0 Å². The molecule has 0 spiro atoms. The molecule has 1 aromatic heterocycles. The van der Waals surface area contributed by atoms with Crippen molar-refractivity contribution in [1.29, 1.82) is 5.26 Å². The Morgan fingerprint density at radius 2 is 2.04 bits per heavy atom. The molecule has 0 radical (unpaired) electrons. The molecule has 1 fully saturated rings. The van der Waals surface area contributed by atoms with E-state index in [0.29, 0.717) is 11.1 Å². The zero-order chi connectivity index (χ0) is 19.8. The summed E-state index contributed by atoms with van der Waals surface area (Å²) in [6.45, 7) is 1.71. The van der Waals surface area contributed by atoms with Gasteiger partial charge in [0, 0.05) is 19.0 Å². The predicted octanol–water partition coefficient (Wildman–Crippen LogP) is 3.84. The standard InChI is InChI=1S/C18H16F4N4O/c1-10-4-11(6-12(19)5-10)17(9-23)7-13(8-17)27-14-2-3-25-16(26-24)15(14)18(20,21)22/h2-6,13H,7-8,24H2,1H3,(H,25,26)/t13-,17-. The van der Waals surface area contributed by atoms with Crippen molar-refractivity contribution in [3.05, 3.63) is 53.0 Å². The molecule has 3 N–H and O–H groups in total. The van der Waals surface area contributed by atoms with Crippen molar-refractivity contribution in [1.82, 2.24) is 4.98 Å². The van der Waals surface area contributed by atoms with Gasteiger partial charge in [0.15, 0.2) is 5.82 Å². The Bertz CT molecular complexity index is 881. The van der Waals surface area contributed by atoms with E-state index < -0.39 is 40.6 Å². The summed E-state index contributed by atoms with van der Waals surface area (Å²) < 4.78 is 59.2. The highest BCUT2D eigenvalue weighted by atomic mass is 19.4. The topological polar surface area (TPSA) is 84.0 Å². The largest absolute Gasteiger partial charge is 0.489 e. The Hall–Kier alpha value is -2.86. The molecule has 1 aromatic carbocycles. The molecule has 142 valence electrons. The van der Waals surface area contributed by atoms with Crippen LogP contribution < -0.4 is 16.0 Å². The van der Waals surface area contributed by atoms with Gasteiger partial charge in [0.05, 0.1) is 11.5 Å². The maximum atomic E-state index is 13.7. The van der Waals surface area contributed by atoms with Crippen molar-refractivity contribution < 1.29 is 22.3 Å². The van der Waals surface area contributed by atoms with Crippen molar-refractivity contribution in [3.63, 3.8) is 0 Å². The molecule has 0 aliphatic heterocycles. The lowest BCUT2D eigenvalue weighted by Gasteiger charge is -2.43. The number of aromatic nitrogens is 1. The molecule has 27 heavy (non-hydrogen) atoms. The van der Waals surface area contributed by atoms with E-state index in [1.54, 1.807) is 13.0 Å². The number of rotatable bonds is 4. The van der Waals surface area contributed by atoms with Crippen LogP contribution in [0.2, 0.25) is 0 Å². The molecule has 1 aliphatic rings. The number of ether oxygens (including phenoxy) is 1. The third-order valence-electron chi connectivity index (χ3n) is 4.59. The summed E-state index contributed by atoms with van der Waals surface area (Å²) in [6.07, 6.45) is -3.90. The minimum Gasteiger partial charge on any atom is -0.489 e. The highest BCUT2D eigenvalue weighted by Crippen LogP contribution is 2.47. The van der Waals surface area contributed by atoms with E-state index in [1.807, 2.05) is 5.43 Å². The third-order valence-corrected chi connectivity index (χ3v) is 4.59. The third kappa shape index (κ3) is 3.53. The van der Waals surface area contributed by atoms with Crippen LogP contribution in [0.5, 0.6) is 5.75 Å². The van der Waals surface area contributed by atoms with Gasteiger partial charge in [-0.25, -0.2) is 15.2 Å². The van der Waals surface area contributed by atoms with Gasteiger partial charge in [0.1, 0.15) is 23.2 Å². The molecular weight excluding hydrogens is 364 g/mol. The lowest BCUT2D eigenvalue weighted by Crippen LogP contribution is -2.46. The van der Waals surface area contributed by atoms with Gasteiger partial charge in [0.2, 0.25) is 0 Å². The number of nitrogen functional groups attached to an aromatic ring is 1. The van der Waals surface area contributed by atoms with Crippen LogP contribution in [0, 0.1) is 24.1 Å². The molecule has 0 unspecified atom stereocenters. The van der Waals surface area contributed by atoms with Crippen LogP contribution in [0.25, 0.3) is 0 Å². The summed E-state index contributed by atoms with van der Waals surface area (Å²) in [7, 11) is 0. The Balaban J connectivity index is 1.84. The van der Waals surface area contributed by atoms with Crippen LogP contribution in [0.1, 0.15) is 29.5 Å². The fourth-order valence-electron chi connectivity index (χ4n) is 3.31. The van der Waals surface area contributed by atoms with Crippen LogP contribution in [-0.2, 0) is 11.6 Å². The monoisotopic (exact) mass is 380 g/mol. The van der Waals surface area contributed by atoms with Gasteiger partial charge in [-0.05, 0) is 36.2 Å². The number of hydrogen-bond acceptors (Lipinski definition) is 5. The van der Waals surface area contributed by atoms with Crippen LogP contribution in [0.3, 0.4) is 0 Å². The van der Waals surface area contributed by atoms with E-state index in [9.17, 15) is 22.8 Å². The first-order chi connectivity index (χ1) is 12.7. The number of pyridine rings is 1. The molecular formula is C18H16F4N4O. The molecule has 2 aromatic rings. The normalized spacial score (nSPS) is 21.9. The number of nitrogens with two attached hydrogens (primary N) is 1. The van der Waals surface area contributed by atoms with Crippen molar-refractivity contribution >= 4 is 5.82 Å². The van der Waals surface area contributed by atoms with Gasteiger partial charge < -0.3 is 10.2 Å². The maximum absolute atomic E-state index is 13.7. The Labute approximate surface area is 152 Å². The number of halogens is 4. The fraction of sp³-hybridized carbons (Fsp3) is 0.333. The van der Waals surface area contributed by atoms with Gasteiger partial charge in [-0.3, -0.25) is 0 Å². The van der Waals surface area contributed by atoms with E-state index >= 15 is 0 Å². The van der Waals surface area contributed by atoms with Crippen LogP contribution in [0.4, 0.5) is 23.4 Å². The summed E-state index contributed by atoms with van der Waals surface area (Å²) in [5.74, 6) is 3.69. The molecule has 0 atom stereocenters. The Kier molecular flexibility index (Phi) is 4.70. The van der Waals surface area contributed by atoms with Gasteiger partial charge in [-0.2, -0.15) is 18.4 Å². The van der Waals surface area contributed by atoms with Crippen LogP contribution >= 0.6 is 0 Å². The molecule has 9 heteroatoms. The highest BCUT2D eigenvalue weighted by molar-refractivity contribution is 5.53. The summed E-state index contributed by atoms with van der Waals surface area (Å²) >= 11 is 0. The number of nitrogens with one attached hydrogen (secondary N) is 1. The maximum Gasteiger partial charge on any atom is 0.423 e. The molecule has 0 saturated heterocycles. The van der Waals surface area contributed by atoms with Gasteiger partial charge in [-0.15, -0.1) is 0 Å². The molecule has 1 heterocycles. The number of benzene rings is 1. The Morgan fingerprint density at radius 3 is 2.59 bits per heavy atom. The molecule has 1 aliphatic carbocycles. The minimum atomic E-state index is -4.72. The number of hydrogen-bond donors (Lipinski definition) is 2. The second-order valence-corrected chi connectivity index (χ2v) is 6.53. The van der Waals surface area contributed by atoms with Crippen molar-refractivity contribution in [2.24, 2.45) is 5.84 Å². The summed E-state index contributed by atoms with van der Waals surface area (Å²) in [4.78, 5) is 3.56. The average molecular weight is 380 g/mol. The predicted molar refractivity (Wildman–Crippen MR) is 89.1 cm³/mol. The Morgan fingerprint density at radius 1 is 1.33 bits per heavy atom.